The van der Waals surface area contributed by atoms with Crippen molar-refractivity contribution < 1.29 is 9.18 Å². The number of benzene rings is 1. The predicted octanol–water partition coefficient (Wildman–Crippen LogP) is 3.53. The highest BCUT2D eigenvalue weighted by Gasteiger charge is 2.10. The fraction of sp³-hybridized carbons (Fsp3) is 0.0588. The van der Waals surface area contributed by atoms with E-state index in [9.17, 15) is 9.18 Å². The lowest BCUT2D eigenvalue weighted by Gasteiger charge is -2.07. The minimum atomic E-state index is -0.553. The van der Waals surface area contributed by atoms with Crippen molar-refractivity contribution in [1.29, 1.82) is 0 Å². The molecule has 1 amide bonds. The summed E-state index contributed by atoms with van der Waals surface area (Å²) in [6.07, 6.45) is 4.51. The molecule has 0 aliphatic heterocycles. The number of nitrogens with one attached hydrogen (secondary N) is 2. The van der Waals surface area contributed by atoms with Crippen molar-refractivity contribution in [2.24, 2.45) is 0 Å². The topological polar surface area (TPSA) is 79.8 Å². The number of rotatable bonds is 5. The van der Waals surface area contributed by atoms with Crippen LogP contribution in [0.4, 0.5) is 15.9 Å². The van der Waals surface area contributed by atoms with Crippen molar-refractivity contribution in [1.82, 2.24) is 15.0 Å². The van der Waals surface area contributed by atoms with Crippen molar-refractivity contribution in [3.63, 3.8) is 0 Å². The first-order chi connectivity index (χ1) is 12.1. The van der Waals surface area contributed by atoms with Crippen molar-refractivity contribution in [2.75, 3.05) is 10.6 Å². The van der Waals surface area contributed by atoms with Crippen LogP contribution in [0.3, 0.4) is 0 Å². The first-order valence-electron chi connectivity index (χ1n) is 7.34. The molecule has 2 N–H and O–H groups in total. The van der Waals surface area contributed by atoms with Crippen LogP contribution in [0, 0.1) is 5.82 Å². The predicted molar refractivity (Wildman–Crippen MR) is 93.0 cm³/mol. The molecule has 25 heavy (non-hydrogen) atoms. The Kier molecular flexibility index (Phi) is 5.15. The number of hydrogen-bond acceptors (Lipinski definition) is 5. The zero-order valence-corrected chi connectivity index (χ0v) is 13.7. The van der Waals surface area contributed by atoms with Crippen molar-refractivity contribution >= 4 is 29.0 Å². The number of anilines is 2. The van der Waals surface area contributed by atoms with Gasteiger partial charge in [-0.15, -0.1) is 0 Å². The molecule has 3 aromatic rings. The molecule has 2 heterocycles. The molecule has 2 aromatic heterocycles. The van der Waals surface area contributed by atoms with E-state index in [-0.39, 0.29) is 10.7 Å². The quantitative estimate of drug-likeness (QED) is 0.730. The van der Waals surface area contributed by atoms with Crippen LogP contribution in [-0.4, -0.2) is 20.9 Å². The molecule has 0 aliphatic rings. The van der Waals surface area contributed by atoms with Gasteiger partial charge in [-0.05, 0) is 30.3 Å². The molecule has 8 heteroatoms. The number of carbonyl (C=O) groups is 1. The fourth-order valence-corrected chi connectivity index (χ4v) is 2.17. The van der Waals surface area contributed by atoms with Crippen LogP contribution in [0.5, 0.6) is 0 Å². The largest absolute Gasteiger partial charge is 0.363 e. The third-order valence-corrected chi connectivity index (χ3v) is 3.53. The molecule has 0 aliphatic carbocycles. The van der Waals surface area contributed by atoms with E-state index in [2.05, 4.69) is 25.6 Å². The van der Waals surface area contributed by atoms with Gasteiger partial charge in [0.15, 0.2) is 0 Å². The van der Waals surface area contributed by atoms with Crippen LogP contribution in [0.1, 0.15) is 16.2 Å². The zero-order chi connectivity index (χ0) is 17.6. The van der Waals surface area contributed by atoms with Gasteiger partial charge in [0.2, 0.25) is 0 Å². The van der Waals surface area contributed by atoms with Crippen molar-refractivity contribution in [3.05, 3.63) is 77.2 Å². The minimum absolute atomic E-state index is 0.0713. The Morgan fingerprint density at radius 3 is 2.68 bits per heavy atom. The van der Waals surface area contributed by atoms with Crippen LogP contribution in [0.25, 0.3) is 0 Å². The molecule has 1 aromatic carbocycles. The normalized spacial score (nSPS) is 10.3. The zero-order valence-electron chi connectivity index (χ0n) is 12.9. The summed E-state index contributed by atoms with van der Waals surface area (Å²) in [6, 6.07) is 9.53. The lowest BCUT2D eigenvalue weighted by Crippen LogP contribution is -2.14. The first-order valence-corrected chi connectivity index (χ1v) is 7.72. The number of amides is 1. The van der Waals surface area contributed by atoms with Gasteiger partial charge < -0.3 is 10.6 Å². The van der Waals surface area contributed by atoms with Crippen LogP contribution < -0.4 is 10.6 Å². The summed E-state index contributed by atoms with van der Waals surface area (Å²) >= 11 is 5.68. The van der Waals surface area contributed by atoms with Gasteiger partial charge in [0, 0.05) is 11.9 Å². The van der Waals surface area contributed by atoms with Gasteiger partial charge in [0.1, 0.15) is 17.3 Å². The molecular weight excluding hydrogens is 345 g/mol. The van der Waals surface area contributed by atoms with Crippen LogP contribution in [0.2, 0.25) is 5.02 Å². The van der Waals surface area contributed by atoms with Crippen LogP contribution in [0.15, 0.2) is 55.0 Å². The summed E-state index contributed by atoms with van der Waals surface area (Å²) in [6.45, 7) is 0.495. The van der Waals surface area contributed by atoms with Gasteiger partial charge in [0.05, 0.1) is 29.7 Å². The van der Waals surface area contributed by atoms with Crippen molar-refractivity contribution in [3.8, 4) is 0 Å². The average Bonchev–Trinajstić information content (AvgIpc) is 2.64. The van der Waals surface area contributed by atoms with E-state index < -0.39 is 11.7 Å². The van der Waals surface area contributed by atoms with E-state index in [0.717, 1.165) is 5.69 Å². The molecule has 126 valence electrons. The maximum Gasteiger partial charge on any atom is 0.275 e. The molecule has 0 saturated carbocycles. The lowest BCUT2D eigenvalue weighted by molar-refractivity contribution is 0.102. The van der Waals surface area contributed by atoms with Gasteiger partial charge in [-0.3, -0.25) is 9.78 Å². The SMILES string of the molecule is O=C(Nc1ccc(F)c(Cl)c1)c1cnc(NCc2ccccn2)cn1. The average molecular weight is 358 g/mol. The Morgan fingerprint density at radius 2 is 2.00 bits per heavy atom. The summed E-state index contributed by atoms with van der Waals surface area (Å²) < 4.78 is 13.1. The van der Waals surface area contributed by atoms with Gasteiger partial charge in [-0.2, -0.15) is 0 Å². The molecule has 0 spiro atoms. The van der Waals surface area contributed by atoms with E-state index in [1.54, 1.807) is 6.20 Å². The van der Waals surface area contributed by atoms with Crippen LogP contribution >= 0.6 is 11.6 Å². The van der Waals surface area contributed by atoms with E-state index in [4.69, 9.17) is 11.6 Å². The van der Waals surface area contributed by atoms with Crippen molar-refractivity contribution in [2.45, 2.75) is 6.54 Å². The molecule has 0 unspecified atom stereocenters. The van der Waals surface area contributed by atoms with E-state index >= 15 is 0 Å². The molecule has 6 nitrogen and oxygen atoms in total. The third kappa shape index (κ3) is 4.48. The Bertz CT molecular complexity index is 874. The first kappa shape index (κ1) is 16.8. The highest BCUT2D eigenvalue weighted by Crippen LogP contribution is 2.19. The smallest absolute Gasteiger partial charge is 0.275 e. The Hall–Kier alpha value is -3.06. The molecule has 3 rings (SSSR count). The fourth-order valence-electron chi connectivity index (χ4n) is 1.99. The molecule has 0 saturated heterocycles. The highest BCUT2D eigenvalue weighted by atomic mass is 35.5. The minimum Gasteiger partial charge on any atom is -0.363 e. The van der Waals surface area contributed by atoms with Gasteiger partial charge in [-0.25, -0.2) is 14.4 Å². The highest BCUT2D eigenvalue weighted by molar-refractivity contribution is 6.31. The number of carbonyl (C=O) groups excluding carboxylic acids is 1. The summed E-state index contributed by atoms with van der Waals surface area (Å²) in [5.74, 6) is -0.499. The number of aromatic nitrogens is 3. The Labute approximate surface area is 148 Å². The maximum atomic E-state index is 13.1. The summed E-state index contributed by atoms with van der Waals surface area (Å²) in [4.78, 5) is 24.5. The summed E-state index contributed by atoms with van der Waals surface area (Å²) in [7, 11) is 0. The monoisotopic (exact) mass is 357 g/mol. The van der Waals surface area contributed by atoms with E-state index in [1.165, 1.54) is 30.6 Å². The summed E-state index contributed by atoms with van der Waals surface area (Å²) in [5.41, 5.74) is 1.36. The summed E-state index contributed by atoms with van der Waals surface area (Å²) in [5, 5.41) is 5.57. The standard InChI is InChI=1S/C17H13ClFN5O/c18-13-7-11(4-5-14(13)19)24-17(25)15-9-23-16(10-21-15)22-8-12-3-1-2-6-20-12/h1-7,9-10H,8H2,(H,22,23)(H,24,25). The second kappa shape index (κ2) is 7.67. The van der Waals surface area contributed by atoms with Crippen LogP contribution in [-0.2, 0) is 6.54 Å². The molecule has 0 fully saturated rings. The second-order valence-electron chi connectivity index (χ2n) is 5.04. The number of pyridine rings is 1. The van der Waals surface area contributed by atoms with E-state index in [1.807, 2.05) is 18.2 Å². The number of hydrogen-bond donors (Lipinski definition) is 2. The Morgan fingerprint density at radius 1 is 1.12 bits per heavy atom. The Balaban J connectivity index is 1.61. The van der Waals surface area contributed by atoms with E-state index in [0.29, 0.717) is 18.1 Å². The third-order valence-electron chi connectivity index (χ3n) is 3.24. The molecule has 0 radical (unpaired) electrons. The second-order valence-corrected chi connectivity index (χ2v) is 5.45. The molecular formula is C17H13ClFN5O. The number of nitrogens with zero attached hydrogens (tertiary/aromatic N) is 3. The van der Waals surface area contributed by atoms with Gasteiger partial charge in [0.25, 0.3) is 5.91 Å². The molecule has 0 bridgehead atoms. The maximum absolute atomic E-state index is 13.1. The van der Waals surface area contributed by atoms with Gasteiger partial charge >= 0.3 is 0 Å². The van der Waals surface area contributed by atoms with Gasteiger partial charge in [-0.1, -0.05) is 17.7 Å². The number of halogens is 2. The molecule has 0 atom stereocenters. The lowest BCUT2D eigenvalue weighted by atomic mass is 10.3.